The van der Waals surface area contributed by atoms with E-state index >= 15 is 0 Å². The number of hydrogen-bond donors (Lipinski definition) is 0. The largest absolute Gasteiger partial charge is 0.282 e. The van der Waals surface area contributed by atoms with Gasteiger partial charge in [-0.15, -0.1) is 0 Å². The molecular formula is C18H20N4O2S. The first-order valence-corrected chi connectivity index (χ1v) is 9.59. The van der Waals surface area contributed by atoms with E-state index in [-0.39, 0.29) is 19.5 Å². The van der Waals surface area contributed by atoms with E-state index in [2.05, 4.69) is 4.98 Å². The highest BCUT2D eigenvalue weighted by molar-refractivity contribution is 7.86. The van der Waals surface area contributed by atoms with Crippen molar-refractivity contribution in [3.8, 4) is 6.07 Å². The minimum atomic E-state index is -3.65. The van der Waals surface area contributed by atoms with Gasteiger partial charge in [0.1, 0.15) is 0 Å². The molecule has 0 saturated heterocycles. The monoisotopic (exact) mass is 356 g/mol. The van der Waals surface area contributed by atoms with Gasteiger partial charge >= 0.3 is 0 Å². The van der Waals surface area contributed by atoms with Crippen LogP contribution in [0.15, 0.2) is 48.8 Å². The van der Waals surface area contributed by atoms with E-state index in [9.17, 15) is 8.42 Å². The summed E-state index contributed by atoms with van der Waals surface area (Å²) in [5, 5.41) is 8.89. The standard InChI is InChI=1S/C18H20N4O2S/c19-9-4-11-21(14-16-5-3-10-20-13-16)25(23,24)22-12-8-17-6-1-2-7-18(17)15-22/h1-3,5-7,10,13H,4,8,11-12,14-15H2. The molecular weight excluding hydrogens is 336 g/mol. The van der Waals surface area contributed by atoms with Crippen molar-refractivity contribution in [3.05, 3.63) is 65.5 Å². The molecule has 0 aliphatic carbocycles. The maximum Gasteiger partial charge on any atom is 0.282 e. The van der Waals surface area contributed by atoms with Crippen LogP contribution in [0.4, 0.5) is 0 Å². The highest BCUT2D eigenvalue weighted by Crippen LogP contribution is 2.23. The topological polar surface area (TPSA) is 77.3 Å². The van der Waals surface area contributed by atoms with E-state index < -0.39 is 10.2 Å². The molecule has 2 heterocycles. The molecule has 0 unspecified atom stereocenters. The lowest BCUT2D eigenvalue weighted by Gasteiger charge is -2.32. The number of benzene rings is 1. The molecule has 0 radical (unpaired) electrons. The molecule has 0 atom stereocenters. The van der Waals surface area contributed by atoms with Gasteiger partial charge in [0, 0.05) is 45.0 Å². The van der Waals surface area contributed by atoms with Crippen LogP contribution in [0.25, 0.3) is 0 Å². The van der Waals surface area contributed by atoms with E-state index in [1.807, 2.05) is 36.4 Å². The SMILES string of the molecule is N#CCCN(Cc1cccnc1)S(=O)(=O)N1CCc2ccccc2C1. The number of pyridine rings is 1. The van der Waals surface area contributed by atoms with Crippen molar-refractivity contribution in [1.29, 1.82) is 5.26 Å². The van der Waals surface area contributed by atoms with Crippen LogP contribution in [-0.2, 0) is 29.7 Å². The lowest BCUT2D eigenvalue weighted by atomic mass is 10.0. The summed E-state index contributed by atoms with van der Waals surface area (Å²) in [6, 6.07) is 13.6. The van der Waals surface area contributed by atoms with Gasteiger partial charge in [-0.05, 0) is 29.2 Å². The molecule has 3 rings (SSSR count). The van der Waals surface area contributed by atoms with Gasteiger partial charge in [0.15, 0.2) is 0 Å². The zero-order valence-electron chi connectivity index (χ0n) is 13.9. The van der Waals surface area contributed by atoms with Crippen LogP contribution < -0.4 is 0 Å². The van der Waals surface area contributed by atoms with Gasteiger partial charge in [-0.2, -0.15) is 22.3 Å². The molecule has 1 aliphatic heterocycles. The van der Waals surface area contributed by atoms with Gasteiger partial charge in [0.2, 0.25) is 0 Å². The van der Waals surface area contributed by atoms with E-state index in [4.69, 9.17) is 5.26 Å². The predicted molar refractivity (Wildman–Crippen MR) is 94.4 cm³/mol. The summed E-state index contributed by atoms with van der Waals surface area (Å²) >= 11 is 0. The fourth-order valence-corrected chi connectivity index (χ4v) is 4.56. The summed E-state index contributed by atoms with van der Waals surface area (Å²) in [4.78, 5) is 4.04. The molecule has 0 N–H and O–H groups in total. The van der Waals surface area contributed by atoms with Gasteiger partial charge in [-0.1, -0.05) is 30.3 Å². The van der Waals surface area contributed by atoms with E-state index in [1.165, 1.54) is 14.2 Å². The van der Waals surface area contributed by atoms with Crippen LogP contribution in [-0.4, -0.2) is 35.1 Å². The average molecular weight is 356 g/mol. The molecule has 0 saturated carbocycles. The molecule has 1 aromatic carbocycles. The van der Waals surface area contributed by atoms with E-state index in [0.29, 0.717) is 19.5 Å². The van der Waals surface area contributed by atoms with Crippen LogP contribution in [0.1, 0.15) is 23.1 Å². The van der Waals surface area contributed by atoms with Crippen LogP contribution in [0.5, 0.6) is 0 Å². The normalized spacial score (nSPS) is 14.9. The van der Waals surface area contributed by atoms with Crippen molar-refractivity contribution in [3.63, 3.8) is 0 Å². The summed E-state index contributed by atoms with van der Waals surface area (Å²) in [5.41, 5.74) is 3.05. The molecule has 130 valence electrons. The number of nitrogens with zero attached hydrogens (tertiary/aromatic N) is 4. The Hall–Kier alpha value is -2.27. The summed E-state index contributed by atoms with van der Waals surface area (Å²) in [6.07, 6.45) is 4.16. The highest BCUT2D eigenvalue weighted by atomic mass is 32.2. The van der Waals surface area contributed by atoms with Crippen molar-refractivity contribution >= 4 is 10.2 Å². The lowest BCUT2D eigenvalue weighted by molar-refractivity contribution is 0.323. The highest BCUT2D eigenvalue weighted by Gasteiger charge is 2.32. The molecule has 25 heavy (non-hydrogen) atoms. The molecule has 1 aromatic heterocycles. The Bertz CT molecular complexity index is 862. The number of nitriles is 1. The third-order valence-electron chi connectivity index (χ3n) is 4.30. The second-order valence-corrected chi connectivity index (χ2v) is 7.89. The maximum atomic E-state index is 13.1. The number of hydrogen-bond acceptors (Lipinski definition) is 4. The van der Waals surface area contributed by atoms with Gasteiger partial charge in [-0.3, -0.25) is 4.98 Å². The summed E-state index contributed by atoms with van der Waals surface area (Å²) in [5.74, 6) is 0. The molecule has 0 spiro atoms. The second-order valence-electron chi connectivity index (χ2n) is 5.96. The van der Waals surface area contributed by atoms with Crippen LogP contribution in [0.3, 0.4) is 0 Å². The molecule has 0 amide bonds. The molecule has 7 heteroatoms. The Balaban J connectivity index is 1.82. The van der Waals surface area contributed by atoms with Crippen molar-refractivity contribution < 1.29 is 8.42 Å². The number of fused-ring (bicyclic) bond motifs is 1. The van der Waals surface area contributed by atoms with Gasteiger partial charge in [-0.25, -0.2) is 0 Å². The Morgan fingerprint density at radius 1 is 1.20 bits per heavy atom. The van der Waals surface area contributed by atoms with Crippen molar-refractivity contribution in [2.75, 3.05) is 13.1 Å². The van der Waals surface area contributed by atoms with Crippen LogP contribution in [0.2, 0.25) is 0 Å². The molecule has 6 nitrogen and oxygen atoms in total. The molecule has 0 fully saturated rings. The number of rotatable bonds is 6. The zero-order valence-corrected chi connectivity index (χ0v) is 14.7. The van der Waals surface area contributed by atoms with Gasteiger partial charge in [0.25, 0.3) is 10.2 Å². The number of aromatic nitrogens is 1. The minimum absolute atomic E-state index is 0.157. The molecule has 1 aliphatic rings. The molecule has 0 bridgehead atoms. The van der Waals surface area contributed by atoms with Gasteiger partial charge < -0.3 is 0 Å². The summed E-state index contributed by atoms with van der Waals surface area (Å²) in [6.45, 7) is 1.21. The third-order valence-corrected chi connectivity index (χ3v) is 6.23. The summed E-state index contributed by atoms with van der Waals surface area (Å²) in [7, 11) is -3.65. The first-order chi connectivity index (χ1) is 12.1. The van der Waals surface area contributed by atoms with Gasteiger partial charge in [0.05, 0.1) is 6.07 Å². The first kappa shape index (κ1) is 17.5. The minimum Gasteiger partial charge on any atom is -0.264 e. The smallest absolute Gasteiger partial charge is 0.264 e. The fourth-order valence-electron chi connectivity index (χ4n) is 2.98. The average Bonchev–Trinajstić information content (AvgIpc) is 2.65. The van der Waals surface area contributed by atoms with Crippen molar-refractivity contribution in [2.24, 2.45) is 0 Å². The van der Waals surface area contributed by atoms with Crippen molar-refractivity contribution in [1.82, 2.24) is 13.6 Å². The Morgan fingerprint density at radius 2 is 2.00 bits per heavy atom. The van der Waals surface area contributed by atoms with E-state index in [1.54, 1.807) is 18.5 Å². The molecule has 2 aromatic rings. The zero-order chi connectivity index (χ0) is 17.7. The summed E-state index contributed by atoms with van der Waals surface area (Å²) < 4.78 is 29.1. The lowest BCUT2D eigenvalue weighted by Crippen LogP contribution is -2.45. The third kappa shape index (κ3) is 4.04. The van der Waals surface area contributed by atoms with E-state index in [0.717, 1.165) is 11.1 Å². The first-order valence-electron chi connectivity index (χ1n) is 8.19. The second kappa shape index (κ2) is 7.74. The Morgan fingerprint density at radius 3 is 2.72 bits per heavy atom. The van der Waals surface area contributed by atoms with Crippen LogP contribution >= 0.6 is 0 Å². The fraction of sp³-hybridized carbons (Fsp3) is 0.333. The van der Waals surface area contributed by atoms with Crippen molar-refractivity contribution in [2.45, 2.75) is 25.9 Å². The Labute approximate surface area is 148 Å². The quantitative estimate of drug-likeness (QED) is 0.794. The van der Waals surface area contributed by atoms with Crippen LogP contribution in [0, 0.1) is 11.3 Å². The Kier molecular flexibility index (Phi) is 5.43. The predicted octanol–water partition coefficient (Wildman–Crippen LogP) is 2.10. The maximum absolute atomic E-state index is 13.1.